The Bertz CT molecular complexity index is 881. The molecule has 6 heteroatoms. The van der Waals surface area contributed by atoms with Gasteiger partial charge >= 0.3 is 0 Å². The number of benzene rings is 1. The van der Waals surface area contributed by atoms with Crippen LogP contribution in [0.3, 0.4) is 0 Å². The highest BCUT2D eigenvalue weighted by molar-refractivity contribution is 7.90. The number of pyridine rings is 1. The van der Waals surface area contributed by atoms with Crippen molar-refractivity contribution in [3.8, 4) is 0 Å². The molecule has 0 aliphatic carbocycles. The van der Waals surface area contributed by atoms with Crippen molar-refractivity contribution in [3.63, 3.8) is 0 Å². The van der Waals surface area contributed by atoms with Gasteiger partial charge in [-0.05, 0) is 36.8 Å². The van der Waals surface area contributed by atoms with Crippen molar-refractivity contribution in [1.29, 1.82) is 0 Å². The topological polar surface area (TPSA) is 77.5 Å². The SMILES string of the molecule is Cc1ccc(S(=O)(=O)Cc2cn3ccccc3n2)c(N)c1. The Morgan fingerprint density at radius 3 is 2.76 bits per heavy atom. The van der Waals surface area contributed by atoms with Crippen LogP contribution in [0.2, 0.25) is 0 Å². The Hall–Kier alpha value is -2.34. The molecule has 0 radical (unpaired) electrons. The second-order valence-corrected chi connectivity index (χ2v) is 6.96. The Morgan fingerprint density at radius 1 is 1.24 bits per heavy atom. The molecule has 21 heavy (non-hydrogen) atoms. The van der Waals surface area contributed by atoms with Gasteiger partial charge < -0.3 is 10.1 Å². The van der Waals surface area contributed by atoms with Crippen LogP contribution in [0.15, 0.2) is 53.7 Å². The number of fused-ring (bicyclic) bond motifs is 1. The minimum atomic E-state index is -3.51. The number of aromatic nitrogens is 2. The van der Waals surface area contributed by atoms with Gasteiger partial charge in [0.25, 0.3) is 0 Å². The van der Waals surface area contributed by atoms with Gasteiger partial charge in [0.1, 0.15) is 5.65 Å². The number of sulfone groups is 1. The van der Waals surface area contributed by atoms with E-state index >= 15 is 0 Å². The van der Waals surface area contributed by atoms with Gasteiger partial charge in [-0.3, -0.25) is 0 Å². The largest absolute Gasteiger partial charge is 0.398 e. The van der Waals surface area contributed by atoms with Crippen LogP contribution in [0.4, 0.5) is 5.69 Å². The third-order valence-corrected chi connectivity index (χ3v) is 4.97. The summed E-state index contributed by atoms with van der Waals surface area (Å²) in [5.41, 5.74) is 8.26. The van der Waals surface area contributed by atoms with Crippen LogP contribution >= 0.6 is 0 Å². The zero-order valence-electron chi connectivity index (χ0n) is 11.5. The van der Waals surface area contributed by atoms with E-state index in [1.807, 2.05) is 31.3 Å². The number of aryl methyl sites for hydroxylation is 1. The number of hydrogen-bond donors (Lipinski definition) is 1. The van der Waals surface area contributed by atoms with E-state index in [1.165, 1.54) is 0 Å². The first kappa shape index (κ1) is 13.6. The molecule has 0 aliphatic heterocycles. The highest BCUT2D eigenvalue weighted by atomic mass is 32.2. The van der Waals surface area contributed by atoms with Crippen LogP contribution in [0.5, 0.6) is 0 Å². The van der Waals surface area contributed by atoms with E-state index in [-0.39, 0.29) is 16.3 Å². The summed E-state index contributed by atoms with van der Waals surface area (Å²) in [7, 11) is -3.51. The highest BCUT2D eigenvalue weighted by Gasteiger charge is 2.20. The number of hydrogen-bond acceptors (Lipinski definition) is 4. The predicted octanol–water partition coefficient (Wildman–Crippen LogP) is 2.20. The Kier molecular flexibility index (Phi) is 3.17. The molecule has 5 nitrogen and oxygen atoms in total. The molecule has 0 unspecified atom stereocenters. The zero-order valence-corrected chi connectivity index (χ0v) is 12.3. The lowest BCUT2D eigenvalue weighted by Crippen LogP contribution is -2.08. The van der Waals surface area contributed by atoms with Gasteiger partial charge in [-0.2, -0.15) is 0 Å². The van der Waals surface area contributed by atoms with Crippen molar-refractivity contribution in [3.05, 3.63) is 60.0 Å². The molecule has 0 spiro atoms. The molecule has 1 aromatic carbocycles. The molecule has 0 amide bonds. The van der Waals surface area contributed by atoms with E-state index in [0.29, 0.717) is 5.69 Å². The smallest absolute Gasteiger partial charge is 0.186 e. The second kappa shape index (κ2) is 4.89. The molecule has 0 aliphatic rings. The van der Waals surface area contributed by atoms with Crippen molar-refractivity contribution < 1.29 is 8.42 Å². The van der Waals surface area contributed by atoms with Crippen molar-refractivity contribution in [2.24, 2.45) is 0 Å². The monoisotopic (exact) mass is 301 g/mol. The number of nitrogens with two attached hydrogens (primary N) is 1. The maximum absolute atomic E-state index is 12.5. The van der Waals surface area contributed by atoms with Crippen molar-refractivity contribution >= 4 is 21.2 Å². The summed E-state index contributed by atoms with van der Waals surface area (Å²) < 4.78 is 26.8. The predicted molar refractivity (Wildman–Crippen MR) is 81.7 cm³/mol. The lowest BCUT2D eigenvalue weighted by atomic mass is 10.2. The van der Waals surface area contributed by atoms with Gasteiger partial charge in [0.15, 0.2) is 9.84 Å². The van der Waals surface area contributed by atoms with Crippen molar-refractivity contribution in [1.82, 2.24) is 9.38 Å². The molecular formula is C15H15N3O2S. The molecule has 108 valence electrons. The van der Waals surface area contributed by atoms with Crippen LogP contribution in [0, 0.1) is 6.92 Å². The van der Waals surface area contributed by atoms with E-state index in [4.69, 9.17) is 5.73 Å². The third-order valence-electron chi connectivity index (χ3n) is 3.25. The Morgan fingerprint density at radius 2 is 2.05 bits per heavy atom. The van der Waals surface area contributed by atoms with E-state index < -0.39 is 9.84 Å². The Balaban J connectivity index is 1.99. The number of rotatable bonds is 3. The van der Waals surface area contributed by atoms with Gasteiger partial charge in [-0.15, -0.1) is 0 Å². The lowest BCUT2D eigenvalue weighted by Gasteiger charge is -2.06. The molecule has 0 saturated heterocycles. The third kappa shape index (κ3) is 2.62. The van der Waals surface area contributed by atoms with E-state index in [9.17, 15) is 8.42 Å². The average Bonchev–Trinajstić information content (AvgIpc) is 2.79. The zero-order chi connectivity index (χ0) is 15.0. The van der Waals surface area contributed by atoms with Crippen LogP contribution in [-0.4, -0.2) is 17.8 Å². The second-order valence-electron chi connectivity index (χ2n) is 5.00. The fraction of sp³-hybridized carbons (Fsp3) is 0.133. The average molecular weight is 301 g/mol. The lowest BCUT2D eigenvalue weighted by molar-refractivity contribution is 0.595. The molecular weight excluding hydrogens is 286 g/mol. The summed E-state index contributed by atoms with van der Waals surface area (Å²) >= 11 is 0. The first-order valence-corrected chi connectivity index (χ1v) is 8.12. The summed E-state index contributed by atoms with van der Waals surface area (Å²) in [6.45, 7) is 1.87. The number of imidazole rings is 1. The summed E-state index contributed by atoms with van der Waals surface area (Å²) in [6, 6.07) is 10.5. The first-order valence-electron chi connectivity index (χ1n) is 6.47. The normalized spacial score (nSPS) is 11.9. The molecule has 0 saturated carbocycles. The molecule has 3 rings (SSSR count). The molecule has 0 fully saturated rings. The summed E-state index contributed by atoms with van der Waals surface area (Å²) in [5.74, 6) is -0.165. The fourth-order valence-corrected chi connectivity index (χ4v) is 3.66. The minimum Gasteiger partial charge on any atom is -0.398 e. The van der Waals surface area contributed by atoms with Gasteiger partial charge in [0, 0.05) is 12.4 Å². The van der Waals surface area contributed by atoms with Crippen molar-refractivity contribution in [2.75, 3.05) is 5.73 Å². The maximum atomic E-state index is 12.5. The number of nitrogen functional groups attached to an aromatic ring is 1. The maximum Gasteiger partial charge on any atom is 0.186 e. The first-order chi connectivity index (χ1) is 9.95. The fourth-order valence-electron chi connectivity index (χ4n) is 2.28. The summed E-state index contributed by atoms with van der Waals surface area (Å²) in [4.78, 5) is 4.47. The van der Waals surface area contributed by atoms with Crippen LogP contribution in [-0.2, 0) is 15.6 Å². The van der Waals surface area contributed by atoms with E-state index in [1.54, 1.807) is 28.8 Å². The van der Waals surface area contributed by atoms with Gasteiger partial charge in [0.2, 0.25) is 0 Å². The summed E-state index contributed by atoms with van der Waals surface area (Å²) in [5, 5.41) is 0. The van der Waals surface area contributed by atoms with E-state index in [0.717, 1.165) is 11.2 Å². The van der Waals surface area contributed by atoms with Gasteiger partial charge in [0.05, 0.1) is 22.0 Å². The van der Waals surface area contributed by atoms with Crippen molar-refractivity contribution in [2.45, 2.75) is 17.6 Å². The van der Waals surface area contributed by atoms with Crippen LogP contribution in [0.1, 0.15) is 11.3 Å². The molecule has 0 atom stereocenters. The van der Waals surface area contributed by atoms with E-state index in [2.05, 4.69) is 4.98 Å². The summed E-state index contributed by atoms with van der Waals surface area (Å²) in [6.07, 6.45) is 3.55. The number of nitrogens with zero attached hydrogens (tertiary/aromatic N) is 2. The minimum absolute atomic E-state index is 0.158. The Labute approximate surface area is 123 Å². The van der Waals surface area contributed by atoms with Gasteiger partial charge in [-0.1, -0.05) is 12.1 Å². The quantitative estimate of drug-likeness (QED) is 0.752. The molecule has 0 bridgehead atoms. The standard InChI is InChI=1S/C15H15N3O2S/c1-11-5-6-14(13(16)8-11)21(19,20)10-12-9-18-7-3-2-4-15(18)17-12/h2-9H,10,16H2,1H3. The molecule has 3 aromatic rings. The molecule has 2 aromatic heterocycles. The molecule has 2 heterocycles. The van der Waals surface area contributed by atoms with Crippen LogP contribution < -0.4 is 5.73 Å². The van der Waals surface area contributed by atoms with Crippen LogP contribution in [0.25, 0.3) is 5.65 Å². The molecule has 2 N–H and O–H groups in total. The van der Waals surface area contributed by atoms with Gasteiger partial charge in [-0.25, -0.2) is 13.4 Å². The highest BCUT2D eigenvalue weighted by Crippen LogP contribution is 2.23. The number of anilines is 1.